The Bertz CT molecular complexity index is 217. The molecule has 0 atom stereocenters. The zero-order valence-electron chi connectivity index (χ0n) is 9.28. The largest absolute Gasteiger partial charge is 0.379 e. The maximum atomic E-state index is 5.45. The van der Waals surface area contributed by atoms with Gasteiger partial charge >= 0.3 is 0 Å². The van der Waals surface area contributed by atoms with E-state index in [2.05, 4.69) is 9.80 Å². The van der Waals surface area contributed by atoms with Crippen molar-refractivity contribution in [2.45, 2.75) is 25.7 Å². The minimum Gasteiger partial charge on any atom is -0.379 e. The summed E-state index contributed by atoms with van der Waals surface area (Å²) in [6.45, 7) is 6.03. The molecular formula is C11H20N2OS. The number of nitrogens with zero attached hydrogens (tertiary/aromatic N) is 2. The van der Waals surface area contributed by atoms with Crippen LogP contribution in [0.5, 0.6) is 0 Å². The summed E-state index contributed by atoms with van der Waals surface area (Å²) in [5, 5.41) is 0. The van der Waals surface area contributed by atoms with Gasteiger partial charge in [0.25, 0.3) is 0 Å². The lowest BCUT2D eigenvalue weighted by Crippen LogP contribution is -2.45. The lowest BCUT2D eigenvalue weighted by molar-refractivity contribution is 0.0217. The molecule has 2 fully saturated rings. The predicted octanol–water partition coefficient (Wildman–Crippen LogP) is 1.48. The number of morpholine rings is 1. The van der Waals surface area contributed by atoms with Gasteiger partial charge in [-0.25, -0.2) is 0 Å². The summed E-state index contributed by atoms with van der Waals surface area (Å²) in [6, 6.07) is 0. The molecule has 2 heterocycles. The first-order valence-corrected chi connectivity index (χ1v) is 6.35. The van der Waals surface area contributed by atoms with Crippen LogP contribution in [-0.4, -0.2) is 54.3 Å². The second kappa shape index (κ2) is 5.77. The van der Waals surface area contributed by atoms with Crippen LogP contribution in [0.2, 0.25) is 0 Å². The highest BCUT2D eigenvalue weighted by atomic mass is 32.1. The van der Waals surface area contributed by atoms with Gasteiger partial charge in [0.2, 0.25) is 0 Å². The lowest BCUT2D eigenvalue weighted by Gasteiger charge is -2.33. The van der Waals surface area contributed by atoms with E-state index in [0.717, 1.165) is 45.9 Å². The lowest BCUT2D eigenvalue weighted by atomic mass is 10.2. The molecule has 0 unspecified atom stereocenters. The van der Waals surface area contributed by atoms with Crippen molar-refractivity contribution >= 4 is 17.2 Å². The summed E-state index contributed by atoms with van der Waals surface area (Å²) in [4.78, 5) is 5.99. The van der Waals surface area contributed by atoms with E-state index in [9.17, 15) is 0 Å². The number of ether oxygens (including phenoxy) is 1. The van der Waals surface area contributed by atoms with Gasteiger partial charge in [0.1, 0.15) is 0 Å². The molecule has 0 aliphatic carbocycles. The smallest absolute Gasteiger partial charge is 0.0789 e. The maximum Gasteiger partial charge on any atom is 0.0789 e. The third kappa shape index (κ3) is 3.40. The van der Waals surface area contributed by atoms with Gasteiger partial charge in [-0.3, -0.25) is 4.90 Å². The second-order valence-electron chi connectivity index (χ2n) is 4.34. The summed E-state index contributed by atoms with van der Waals surface area (Å²) in [5.41, 5.74) is 0. The van der Waals surface area contributed by atoms with E-state index in [-0.39, 0.29) is 0 Å². The summed E-state index contributed by atoms with van der Waals surface area (Å²) >= 11 is 5.45. The van der Waals surface area contributed by atoms with Crippen molar-refractivity contribution in [3.05, 3.63) is 0 Å². The number of hydrogen-bond acceptors (Lipinski definition) is 3. The van der Waals surface area contributed by atoms with Crippen LogP contribution in [0.1, 0.15) is 25.7 Å². The maximum absolute atomic E-state index is 5.45. The Morgan fingerprint density at radius 2 is 1.87 bits per heavy atom. The second-order valence-corrected chi connectivity index (χ2v) is 4.81. The van der Waals surface area contributed by atoms with Gasteiger partial charge in [-0.15, -0.1) is 0 Å². The zero-order valence-corrected chi connectivity index (χ0v) is 10.1. The standard InChI is InChI=1S/C11H20N2OS/c15-11-4-2-1-3-5-13(11)10-12-6-8-14-9-7-12/h1-10H2. The third-order valence-corrected chi connectivity index (χ3v) is 3.61. The number of rotatable bonds is 2. The molecule has 2 aliphatic heterocycles. The van der Waals surface area contributed by atoms with Crippen LogP contribution >= 0.6 is 12.2 Å². The van der Waals surface area contributed by atoms with Crippen LogP contribution in [0.4, 0.5) is 0 Å². The van der Waals surface area contributed by atoms with Crippen molar-refractivity contribution in [2.24, 2.45) is 0 Å². The van der Waals surface area contributed by atoms with Crippen LogP contribution in [0.25, 0.3) is 0 Å². The third-order valence-electron chi connectivity index (χ3n) is 3.15. The Kier molecular flexibility index (Phi) is 4.35. The number of likely N-dealkylation sites (tertiary alicyclic amines) is 1. The van der Waals surface area contributed by atoms with Crippen molar-refractivity contribution in [3.63, 3.8) is 0 Å². The first-order valence-electron chi connectivity index (χ1n) is 5.94. The average molecular weight is 228 g/mol. The molecule has 3 nitrogen and oxygen atoms in total. The summed E-state index contributed by atoms with van der Waals surface area (Å²) in [6.07, 6.45) is 5.02. The molecule has 86 valence electrons. The molecule has 2 aliphatic rings. The summed E-state index contributed by atoms with van der Waals surface area (Å²) < 4.78 is 5.35. The SMILES string of the molecule is S=C1CCCCCN1CN1CCOCC1. The van der Waals surface area contributed by atoms with Crippen molar-refractivity contribution in [2.75, 3.05) is 39.5 Å². The fraction of sp³-hybridized carbons (Fsp3) is 0.909. The van der Waals surface area contributed by atoms with E-state index in [1.54, 1.807) is 0 Å². The fourth-order valence-corrected chi connectivity index (χ4v) is 2.47. The first kappa shape index (κ1) is 11.3. The van der Waals surface area contributed by atoms with Gasteiger partial charge in [-0.1, -0.05) is 18.6 Å². The minimum absolute atomic E-state index is 0.876. The minimum atomic E-state index is 0.876. The first-order chi connectivity index (χ1) is 7.36. The summed E-state index contributed by atoms with van der Waals surface area (Å²) in [5.74, 6) is 0. The molecule has 0 aromatic rings. The van der Waals surface area contributed by atoms with Crippen LogP contribution in [0.15, 0.2) is 0 Å². The normalized spacial score (nSPS) is 25.3. The van der Waals surface area contributed by atoms with E-state index in [1.165, 1.54) is 24.3 Å². The number of hydrogen-bond donors (Lipinski definition) is 0. The van der Waals surface area contributed by atoms with Crippen LogP contribution in [0, 0.1) is 0 Å². The average Bonchev–Trinajstić information content (AvgIpc) is 2.46. The molecule has 0 saturated carbocycles. The Balaban J connectivity index is 1.82. The Hall–Kier alpha value is -0.190. The van der Waals surface area contributed by atoms with E-state index >= 15 is 0 Å². The van der Waals surface area contributed by atoms with Crippen molar-refractivity contribution in [3.8, 4) is 0 Å². The molecule has 0 spiro atoms. The molecule has 0 aromatic heterocycles. The van der Waals surface area contributed by atoms with Gasteiger partial charge in [0.15, 0.2) is 0 Å². The van der Waals surface area contributed by atoms with Crippen LogP contribution in [-0.2, 0) is 4.74 Å². The molecule has 2 saturated heterocycles. The van der Waals surface area contributed by atoms with E-state index in [1.807, 2.05) is 0 Å². The molecule has 0 aromatic carbocycles. The molecule has 0 N–H and O–H groups in total. The fourth-order valence-electron chi connectivity index (χ4n) is 2.17. The number of thiocarbonyl (C=S) groups is 1. The topological polar surface area (TPSA) is 15.7 Å². The van der Waals surface area contributed by atoms with E-state index in [4.69, 9.17) is 17.0 Å². The van der Waals surface area contributed by atoms with Crippen molar-refractivity contribution in [1.29, 1.82) is 0 Å². The summed E-state index contributed by atoms with van der Waals surface area (Å²) in [7, 11) is 0. The Morgan fingerprint density at radius 3 is 2.67 bits per heavy atom. The van der Waals surface area contributed by atoms with E-state index in [0.29, 0.717) is 0 Å². The Morgan fingerprint density at radius 1 is 1.07 bits per heavy atom. The predicted molar refractivity (Wildman–Crippen MR) is 65.0 cm³/mol. The highest BCUT2D eigenvalue weighted by Gasteiger charge is 2.17. The molecule has 2 rings (SSSR count). The molecule has 0 bridgehead atoms. The van der Waals surface area contributed by atoms with Gasteiger partial charge < -0.3 is 9.64 Å². The Labute approximate surface area is 97.4 Å². The van der Waals surface area contributed by atoms with Gasteiger partial charge in [0.05, 0.1) is 24.9 Å². The highest BCUT2D eigenvalue weighted by Crippen LogP contribution is 2.13. The van der Waals surface area contributed by atoms with Crippen molar-refractivity contribution < 1.29 is 4.74 Å². The van der Waals surface area contributed by atoms with E-state index < -0.39 is 0 Å². The van der Waals surface area contributed by atoms with Gasteiger partial charge in [-0.05, 0) is 19.3 Å². The van der Waals surface area contributed by atoms with Gasteiger partial charge in [-0.2, -0.15) is 0 Å². The van der Waals surface area contributed by atoms with Crippen LogP contribution < -0.4 is 0 Å². The molecule has 0 amide bonds. The molecule has 15 heavy (non-hydrogen) atoms. The van der Waals surface area contributed by atoms with Gasteiger partial charge in [0, 0.05) is 19.6 Å². The molecule has 4 heteroatoms. The zero-order chi connectivity index (χ0) is 10.5. The highest BCUT2D eigenvalue weighted by molar-refractivity contribution is 7.80. The van der Waals surface area contributed by atoms with Crippen molar-refractivity contribution in [1.82, 2.24) is 9.80 Å². The van der Waals surface area contributed by atoms with Crippen LogP contribution in [0.3, 0.4) is 0 Å². The molecular weight excluding hydrogens is 208 g/mol. The quantitative estimate of drug-likeness (QED) is 0.665. The monoisotopic (exact) mass is 228 g/mol. The molecule has 0 radical (unpaired) electrons.